The fourth-order valence-corrected chi connectivity index (χ4v) is 1.91. The van der Waals surface area contributed by atoms with Gasteiger partial charge in [0.2, 0.25) is 5.91 Å². The van der Waals surface area contributed by atoms with Gasteiger partial charge in [-0.15, -0.1) is 0 Å². The average molecular weight is 293 g/mol. The van der Waals surface area contributed by atoms with Gasteiger partial charge in [0.1, 0.15) is 0 Å². The van der Waals surface area contributed by atoms with E-state index in [9.17, 15) is 14.9 Å². The summed E-state index contributed by atoms with van der Waals surface area (Å²) in [7, 11) is 0. The van der Waals surface area contributed by atoms with Crippen molar-refractivity contribution in [1.82, 2.24) is 5.32 Å². The molecule has 0 aliphatic carbocycles. The molecule has 1 amide bonds. The normalized spacial score (nSPS) is 11.9. The average Bonchev–Trinajstić information content (AvgIpc) is 2.45. The molecule has 0 aromatic heterocycles. The molecule has 6 nitrogen and oxygen atoms in total. The van der Waals surface area contributed by atoms with Crippen molar-refractivity contribution in [3.63, 3.8) is 0 Å². The Morgan fingerprint density at radius 1 is 1.33 bits per heavy atom. The molecule has 0 saturated heterocycles. The van der Waals surface area contributed by atoms with Crippen LogP contribution in [-0.4, -0.2) is 23.4 Å². The lowest BCUT2D eigenvalue weighted by atomic mass is 10.1. The molecule has 0 radical (unpaired) electrons. The van der Waals surface area contributed by atoms with E-state index in [1.165, 1.54) is 12.1 Å². The third-order valence-electron chi connectivity index (χ3n) is 3.19. The molecule has 0 heterocycles. The zero-order chi connectivity index (χ0) is 15.7. The molecular weight excluding hydrogens is 270 g/mol. The predicted molar refractivity (Wildman–Crippen MR) is 81.9 cm³/mol. The topological polar surface area (TPSA) is 98.3 Å². The van der Waals surface area contributed by atoms with Crippen molar-refractivity contribution < 1.29 is 9.72 Å². The Hall–Kier alpha value is -1.95. The summed E-state index contributed by atoms with van der Waals surface area (Å²) in [5.41, 5.74) is 6.77. The highest BCUT2D eigenvalue weighted by Crippen LogP contribution is 2.13. The molecule has 0 fully saturated rings. The second-order valence-corrected chi connectivity index (χ2v) is 5.25. The van der Waals surface area contributed by atoms with Crippen molar-refractivity contribution in [2.75, 3.05) is 6.54 Å². The number of nitrogens with zero attached hydrogens (tertiary/aromatic N) is 1. The Labute approximate surface area is 124 Å². The number of hydrogen-bond acceptors (Lipinski definition) is 4. The van der Waals surface area contributed by atoms with Crippen molar-refractivity contribution >= 4 is 11.6 Å². The van der Waals surface area contributed by atoms with Gasteiger partial charge in [-0.05, 0) is 38.2 Å². The van der Waals surface area contributed by atoms with Gasteiger partial charge in [-0.2, -0.15) is 0 Å². The molecule has 0 bridgehead atoms. The van der Waals surface area contributed by atoms with Gasteiger partial charge in [0.15, 0.2) is 0 Å². The molecule has 1 aromatic carbocycles. The standard InChI is InChI=1S/C15H23N3O3/c1-12(16)5-10-15(19)17-11-3-2-4-13-6-8-14(9-7-13)18(20)21/h6-9,12H,2-5,10-11,16H2,1H3,(H,17,19). The first-order valence-electron chi connectivity index (χ1n) is 7.24. The second-order valence-electron chi connectivity index (χ2n) is 5.25. The van der Waals surface area contributed by atoms with Crippen LogP contribution < -0.4 is 11.1 Å². The highest BCUT2D eigenvalue weighted by atomic mass is 16.6. The summed E-state index contributed by atoms with van der Waals surface area (Å²) in [6.07, 6.45) is 3.86. The SMILES string of the molecule is CC(N)CCC(=O)NCCCCc1ccc([N+](=O)[O-])cc1. The molecule has 1 rings (SSSR count). The lowest BCUT2D eigenvalue weighted by Crippen LogP contribution is -2.26. The number of nitro benzene ring substituents is 1. The van der Waals surface area contributed by atoms with Gasteiger partial charge in [-0.25, -0.2) is 0 Å². The Balaban J connectivity index is 2.14. The molecule has 21 heavy (non-hydrogen) atoms. The number of benzene rings is 1. The Bertz CT molecular complexity index is 458. The highest BCUT2D eigenvalue weighted by Gasteiger charge is 2.04. The van der Waals surface area contributed by atoms with Crippen LogP contribution in [0.4, 0.5) is 5.69 Å². The first-order chi connectivity index (χ1) is 9.99. The van der Waals surface area contributed by atoms with Crippen molar-refractivity contribution in [3.05, 3.63) is 39.9 Å². The number of carbonyl (C=O) groups excluding carboxylic acids is 1. The van der Waals surface area contributed by atoms with E-state index in [1.54, 1.807) is 12.1 Å². The maximum atomic E-state index is 11.5. The van der Waals surface area contributed by atoms with Crippen molar-refractivity contribution in [2.45, 2.75) is 45.1 Å². The molecule has 0 aliphatic heterocycles. The van der Waals surface area contributed by atoms with Gasteiger partial charge >= 0.3 is 0 Å². The predicted octanol–water partition coefficient (Wildman–Crippen LogP) is 2.16. The first kappa shape index (κ1) is 17.1. The molecule has 6 heteroatoms. The summed E-state index contributed by atoms with van der Waals surface area (Å²) in [4.78, 5) is 21.6. The molecule has 0 saturated carbocycles. The summed E-state index contributed by atoms with van der Waals surface area (Å²) in [6.45, 7) is 2.54. The molecular formula is C15H23N3O3. The third-order valence-corrected chi connectivity index (χ3v) is 3.19. The van der Waals surface area contributed by atoms with Gasteiger partial charge in [-0.3, -0.25) is 14.9 Å². The number of unbranched alkanes of at least 4 members (excludes halogenated alkanes) is 1. The van der Waals surface area contributed by atoms with E-state index in [4.69, 9.17) is 5.73 Å². The van der Waals surface area contributed by atoms with Crippen molar-refractivity contribution in [2.24, 2.45) is 5.73 Å². The van der Waals surface area contributed by atoms with Crippen LogP contribution in [0.3, 0.4) is 0 Å². The minimum atomic E-state index is -0.401. The van der Waals surface area contributed by atoms with Gasteiger partial charge in [-0.1, -0.05) is 12.1 Å². The summed E-state index contributed by atoms with van der Waals surface area (Å²) in [6, 6.07) is 6.65. The van der Waals surface area contributed by atoms with E-state index < -0.39 is 4.92 Å². The van der Waals surface area contributed by atoms with Gasteiger partial charge in [0.25, 0.3) is 5.69 Å². The Kier molecular flexibility index (Phi) is 7.39. The number of nitrogens with one attached hydrogen (secondary N) is 1. The number of amides is 1. The van der Waals surface area contributed by atoms with E-state index in [-0.39, 0.29) is 17.6 Å². The van der Waals surface area contributed by atoms with Crippen molar-refractivity contribution in [1.29, 1.82) is 0 Å². The quantitative estimate of drug-likeness (QED) is 0.414. The van der Waals surface area contributed by atoms with Crippen LogP contribution in [0.25, 0.3) is 0 Å². The van der Waals surface area contributed by atoms with E-state index >= 15 is 0 Å². The molecule has 1 unspecified atom stereocenters. The number of rotatable bonds is 9. The molecule has 0 aliphatic rings. The van der Waals surface area contributed by atoms with Crippen LogP contribution in [0.2, 0.25) is 0 Å². The lowest BCUT2D eigenvalue weighted by molar-refractivity contribution is -0.384. The minimum Gasteiger partial charge on any atom is -0.356 e. The first-order valence-corrected chi connectivity index (χ1v) is 7.24. The molecule has 3 N–H and O–H groups in total. The van der Waals surface area contributed by atoms with E-state index in [0.29, 0.717) is 19.4 Å². The minimum absolute atomic E-state index is 0.0441. The van der Waals surface area contributed by atoms with Crippen LogP contribution in [-0.2, 0) is 11.2 Å². The van der Waals surface area contributed by atoms with Gasteiger partial charge in [0, 0.05) is 31.1 Å². The zero-order valence-electron chi connectivity index (χ0n) is 12.4. The second kappa shape index (κ2) is 9.07. The fraction of sp³-hybridized carbons (Fsp3) is 0.533. The fourth-order valence-electron chi connectivity index (χ4n) is 1.91. The molecule has 1 aromatic rings. The number of aryl methyl sites for hydroxylation is 1. The number of hydrogen-bond donors (Lipinski definition) is 2. The Morgan fingerprint density at radius 2 is 2.00 bits per heavy atom. The number of carbonyl (C=O) groups is 1. The summed E-state index contributed by atoms with van der Waals surface area (Å²) >= 11 is 0. The van der Waals surface area contributed by atoms with E-state index in [2.05, 4.69) is 5.32 Å². The van der Waals surface area contributed by atoms with Crippen LogP contribution >= 0.6 is 0 Å². The maximum absolute atomic E-state index is 11.5. The van der Waals surface area contributed by atoms with Crippen LogP contribution in [0.1, 0.15) is 38.2 Å². The monoisotopic (exact) mass is 293 g/mol. The number of nitro groups is 1. The molecule has 116 valence electrons. The van der Waals surface area contributed by atoms with Gasteiger partial charge in [0.05, 0.1) is 4.92 Å². The number of nitrogens with two attached hydrogens (primary N) is 1. The summed E-state index contributed by atoms with van der Waals surface area (Å²) in [5.74, 6) is 0.0441. The maximum Gasteiger partial charge on any atom is 0.269 e. The molecule has 0 spiro atoms. The highest BCUT2D eigenvalue weighted by molar-refractivity contribution is 5.75. The smallest absolute Gasteiger partial charge is 0.269 e. The lowest BCUT2D eigenvalue weighted by Gasteiger charge is -2.07. The van der Waals surface area contributed by atoms with Gasteiger partial charge < -0.3 is 11.1 Å². The van der Waals surface area contributed by atoms with Crippen LogP contribution in [0.5, 0.6) is 0 Å². The van der Waals surface area contributed by atoms with E-state index in [0.717, 1.165) is 24.8 Å². The van der Waals surface area contributed by atoms with Crippen molar-refractivity contribution in [3.8, 4) is 0 Å². The number of non-ortho nitro benzene ring substituents is 1. The zero-order valence-corrected chi connectivity index (χ0v) is 12.4. The Morgan fingerprint density at radius 3 is 2.57 bits per heavy atom. The third kappa shape index (κ3) is 7.41. The van der Waals surface area contributed by atoms with E-state index in [1.807, 2.05) is 6.92 Å². The van der Waals surface area contributed by atoms with Crippen LogP contribution in [0, 0.1) is 10.1 Å². The van der Waals surface area contributed by atoms with Crippen LogP contribution in [0.15, 0.2) is 24.3 Å². The largest absolute Gasteiger partial charge is 0.356 e. The summed E-state index contributed by atoms with van der Waals surface area (Å²) < 4.78 is 0. The molecule has 1 atom stereocenters. The summed E-state index contributed by atoms with van der Waals surface area (Å²) in [5, 5.41) is 13.4.